The maximum Gasteiger partial charge on any atom is 0.192 e. The first kappa shape index (κ1) is 91.2. The third kappa shape index (κ3) is 21.0. The number of fused-ring (bicyclic) bond motifs is 8. The zero-order valence-electron chi connectivity index (χ0n) is 76.7. The summed E-state index contributed by atoms with van der Waals surface area (Å²) in [5.41, 5.74) is 31.4. The van der Waals surface area contributed by atoms with E-state index >= 15 is 0 Å². The molecule has 1 unspecified atom stereocenters. The Morgan fingerprint density at radius 1 is 0.257 bits per heavy atom. The first-order chi connectivity index (χ1) is 67.4. The van der Waals surface area contributed by atoms with Crippen molar-refractivity contribution in [2.75, 3.05) is 9.80 Å². The van der Waals surface area contributed by atoms with E-state index in [1.54, 1.807) is 16.0 Å². The Morgan fingerprint density at radius 2 is 0.551 bits per heavy atom. The fraction of sp³-hybridized carbons (Fsp3) is 0.00787. The van der Waals surface area contributed by atoms with Crippen LogP contribution < -0.4 is 9.80 Å². The fourth-order valence-corrected chi connectivity index (χ4v) is 18.0. The SMILES string of the molecule is Cc1cccnc1-c1[c-]cccc1.[2H]N=P.[3H]P.[Ir].[Ir].[c-]1ccc(-c2ccccc2)cc1-c1ccccn1.c1ccc(-c2cc3c4cc(-c5ccccc5)c(-c5ccccc5)cc4c4cc(-c5ccccc5)c(-c5ccccc5)cc4c3cc2-c2ccccc2)cc1.c1ccc(N(c2ccc(-c3ccc(N(c4ccccc4)c4cccc5ccccc45)cc3)cc2)c2cccc3ccccc23)cc1. The molecule has 23 rings (SSSR count). The summed E-state index contributed by atoms with van der Waals surface area (Å²) in [5.74, 6) is 0. The van der Waals surface area contributed by atoms with Crippen LogP contribution in [-0.4, -0.2) is 11.2 Å². The van der Waals surface area contributed by atoms with E-state index < -0.39 is 0 Å². The molecule has 2 aromatic heterocycles. The number of benzene rings is 21. The van der Waals surface area contributed by atoms with Crippen molar-refractivity contribution in [3.05, 3.63) is 546 Å². The molecule has 0 bridgehead atoms. The molecule has 1 atom stereocenters. The molecule has 1 N–H and O–H groups in total. The summed E-state index contributed by atoms with van der Waals surface area (Å²) in [6.45, 7) is 2.06. The Labute approximate surface area is 832 Å². The molecule has 0 aliphatic carbocycles. The number of hydrogen-bond donors (Lipinski definition) is 1. The van der Waals surface area contributed by atoms with Crippen molar-refractivity contribution in [3.63, 3.8) is 0 Å². The van der Waals surface area contributed by atoms with Gasteiger partial charge in [-0.2, -0.15) is 9.84 Å². The van der Waals surface area contributed by atoms with E-state index in [9.17, 15) is 0 Å². The molecule has 0 spiro atoms. The third-order valence-electron chi connectivity index (χ3n) is 24.3. The first-order valence-electron chi connectivity index (χ1n) is 45.8. The van der Waals surface area contributed by atoms with E-state index in [4.69, 9.17) is 2.69 Å². The van der Waals surface area contributed by atoms with Gasteiger partial charge in [-0.15, -0.1) is 71.3 Å². The number of anilines is 6. The molecule has 2 radical (unpaired) electrons. The minimum absolute atomic E-state index is 0. The number of nitrogens with zero attached hydrogens (tertiary/aromatic N) is 4. The van der Waals surface area contributed by atoms with E-state index in [0.717, 1.165) is 56.6 Å². The van der Waals surface area contributed by atoms with Gasteiger partial charge in [-0.05, 0) is 263 Å². The van der Waals surface area contributed by atoms with Crippen LogP contribution in [0, 0.1) is 24.2 Å². The van der Waals surface area contributed by atoms with E-state index in [1.807, 2.05) is 79.0 Å². The van der Waals surface area contributed by atoms with Gasteiger partial charge in [0.2, 0.25) is 0 Å². The number of para-hydroxylation sites is 2. The summed E-state index contributed by atoms with van der Waals surface area (Å²) in [4.78, 5) is 13.4. The minimum Gasteiger partial charge on any atom is -0.310 e. The van der Waals surface area contributed by atoms with Crippen LogP contribution in [-0.2, 0) is 40.2 Å². The average Bonchev–Trinajstić information content (AvgIpc) is 0.711. The van der Waals surface area contributed by atoms with Gasteiger partial charge in [0.15, 0.2) is 1.41 Å². The van der Waals surface area contributed by atoms with Crippen molar-refractivity contribution in [2.24, 2.45) is 0 Å². The molecular formula is C127H95Ir2N5P2-2. The van der Waals surface area contributed by atoms with Crippen LogP contribution in [0.3, 0.4) is 0 Å². The van der Waals surface area contributed by atoms with Crippen LogP contribution in [0.25, 0.3) is 165 Å². The summed E-state index contributed by atoms with van der Waals surface area (Å²) in [5, 5.41) is 15.0. The van der Waals surface area contributed by atoms with Crippen LogP contribution in [0.5, 0.6) is 0 Å². The second-order valence-electron chi connectivity index (χ2n) is 32.5. The van der Waals surface area contributed by atoms with Crippen molar-refractivity contribution >= 4 is 107 Å². The Balaban J connectivity index is 0.000000146. The van der Waals surface area contributed by atoms with Gasteiger partial charge in [0.05, 0.1) is 12.7 Å². The molecule has 0 saturated heterocycles. The number of aromatic nitrogens is 2. The molecule has 0 aliphatic rings. The molecule has 2 heterocycles. The van der Waals surface area contributed by atoms with Gasteiger partial charge in [-0.1, -0.05) is 370 Å². The van der Waals surface area contributed by atoms with Crippen LogP contribution in [0.2, 0.25) is 1.41 Å². The zero-order valence-corrected chi connectivity index (χ0v) is 81.7. The maximum atomic E-state index is 5.75. The van der Waals surface area contributed by atoms with Gasteiger partial charge < -0.3 is 19.8 Å². The number of rotatable bonds is 16. The molecule has 0 aliphatic heterocycles. The van der Waals surface area contributed by atoms with Gasteiger partial charge in [-0.3, -0.25) is 5.15 Å². The van der Waals surface area contributed by atoms with Crippen LogP contribution >= 0.6 is 18.9 Å². The van der Waals surface area contributed by atoms with Gasteiger partial charge in [0, 0.05) is 86.1 Å². The Morgan fingerprint density at radius 3 is 0.890 bits per heavy atom. The minimum atomic E-state index is 0. The van der Waals surface area contributed by atoms with E-state index in [2.05, 4.69) is 496 Å². The van der Waals surface area contributed by atoms with Gasteiger partial charge >= 0.3 is 0 Å². The molecular weight excluding hydrogens is 2040 g/mol. The van der Waals surface area contributed by atoms with Crippen LogP contribution in [0.1, 0.15) is 5.56 Å². The third-order valence-corrected chi connectivity index (χ3v) is 24.3. The van der Waals surface area contributed by atoms with Crippen molar-refractivity contribution < 1.29 is 41.6 Å². The predicted molar refractivity (Wildman–Crippen MR) is 577 cm³/mol. The maximum absolute atomic E-state index is 5.75. The Kier molecular flexibility index (Phi) is 30.4. The predicted octanol–water partition coefficient (Wildman–Crippen LogP) is 35.8. The topological polar surface area (TPSA) is 56.1 Å². The number of nitrogens with one attached hydrogen (secondary N) is 1. The summed E-state index contributed by atoms with van der Waals surface area (Å²) in [6.07, 6.45) is 3.61. The van der Waals surface area contributed by atoms with Crippen LogP contribution in [0.4, 0.5) is 34.1 Å². The molecule has 21 aromatic carbocycles. The van der Waals surface area contributed by atoms with Gasteiger partial charge in [0.25, 0.3) is 0 Å². The first-order valence-corrected chi connectivity index (χ1v) is 45.2. The van der Waals surface area contributed by atoms with E-state index in [-0.39, 0.29) is 40.2 Å². The van der Waals surface area contributed by atoms with E-state index in [0.29, 0.717) is 0 Å². The summed E-state index contributed by atoms with van der Waals surface area (Å²) in [7, 11) is 4.14. The molecule has 0 saturated carbocycles. The quantitative estimate of drug-likeness (QED) is 0.0595. The number of pyridine rings is 2. The largest absolute Gasteiger partial charge is 0.310 e. The molecule has 658 valence electrons. The second kappa shape index (κ2) is 45.4. The van der Waals surface area contributed by atoms with E-state index in [1.165, 1.54) is 148 Å². The van der Waals surface area contributed by atoms with Crippen LogP contribution in [0.15, 0.2) is 528 Å². The Hall–Kier alpha value is -15.4. The summed E-state index contributed by atoms with van der Waals surface area (Å²) in [6, 6.07) is 190. The molecule has 0 amide bonds. The molecule has 136 heavy (non-hydrogen) atoms. The van der Waals surface area contributed by atoms with Gasteiger partial charge in [0.1, 0.15) is 0 Å². The second-order valence-corrected chi connectivity index (χ2v) is 32.5. The molecule has 0 fully saturated rings. The van der Waals surface area contributed by atoms with Crippen molar-refractivity contribution in [1.29, 1.82) is 6.43 Å². The standard InChI is InChI=1S/C54H36.C44H32N2.C17H12N.C12H10N.2Ir.H2NP.H3P/c1-7-19-37(20-8-1)43-31-49-50(32-44(43)38-21-9-2-10-22-38)52-34-46(40-25-13-4-14-26-40)48(42-29-17-6-18-30-42)36-54(52)53-35-47(41-27-15-5-16-28-41)45(33-51(49)53)39-23-11-3-12-24-39;1-3-17-37(18-4-1)45(43-23-11-15-35-13-7-9-21-41(35)43)39-29-25-33(26-30-39)34-27-31-40(32-28-34)46(38-19-5-2-6-20-38)44-24-12-16-36-14-8-10-22-42(36)44;1-2-7-14(8-3-1)15-9-6-10-16(13-15)17-11-4-5-12-18-17;1-10-6-5-9-13-12(10)11-7-3-2-4-8-11;;;1-2;/h1-36H;1-32H;1-9,11-13H;2-7,9H,1H3;;;1-2H;1H3/q;;2*-1;;;;/i;;;;;;;1T/hD. The van der Waals surface area contributed by atoms with Crippen molar-refractivity contribution in [1.82, 2.24) is 9.97 Å². The van der Waals surface area contributed by atoms with Crippen molar-refractivity contribution in [3.8, 4) is 112 Å². The number of aryl methyl sites for hydroxylation is 1. The smallest absolute Gasteiger partial charge is 0.192 e. The molecule has 9 heteroatoms. The Bertz CT molecular complexity index is 7130. The van der Waals surface area contributed by atoms with Gasteiger partial charge in [-0.25, -0.2) is 0 Å². The fourth-order valence-electron chi connectivity index (χ4n) is 18.0. The monoisotopic (exact) mass is 2140 g/mol. The summed E-state index contributed by atoms with van der Waals surface area (Å²) < 4.78 is 11.4. The zero-order chi connectivity index (χ0) is 92.6. The number of hydrogen-bond acceptors (Lipinski definition) is 5. The average molecular weight is 2140 g/mol. The van der Waals surface area contributed by atoms with Crippen molar-refractivity contribution in [2.45, 2.75) is 6.92 Å². The molecule has 5 nitrogen and oxygen atoms in total. The summed E-state index contributed by atoms with van der Waals surface area (Å²) >= 11 is 0. The molecule has 23 aromatic rings. The normalized spacial score (nSPS) is 10.7.